The highest BCUT2D eigenvalue weighted by Gasteiger charge is 2.29. The first kappa shape index (κ1) is 14.6. The van der Waals surface area contributed by atoms with Crippen LogP contribution in [0.25, 0.3) is 0 Å². The molecule has 1 aliphatic carbocycles. The van der Waals surface area contributed by atoms with Crippen LogP contribution >= 0.6 is 0 Å². The number of hydrogen-bond acceptors (Lipinski definition) is 5. The molecule has 2 rings (SSSR count). The van der Waals surface area contributed by atoms with Crippen molar-refractivity contribution in [2.75, 3.05) is 11.9 Å². The van der Waals surface area contributed by atoms with E-state index in [0.29, 0.717) is 11.4 Å². The van der Waals surface area contributed by atoms with Crippen molar-refractivity contribution < 1.29 is 10.3 Å². The van der Waals surface area contributed by atoms with E-state index in [-0.39, 0.29) is 18.0 Å². The van der Waals surface area contributed by atoms with Crippen LogP contribution in [0.1, 0.15) is 36.8 Å². The smallest absolute Gasteiger partial charge is 0.174 e. The van der Waals surface area contributed by atoms with Gasteiger partial charge in [0, 0.05) is 13.2 Å². The first-order valence-corrected chi connectivity index (χ1v) is 6.90. The molecule has 6 heteroatoms. The topological polar surface area (TPSA) is 95.0 Å². The van der Waals surface area contributed by atoms with Gasteiger partial charge in [-0.1, -0.05) is 18.0 Å². The lowest BCUT2D eigenvalue weighted by Gasteiger charge is -2.36. The van der Waals surface area contributed by atoms with Gasteiger partial charge in [0.15, 0.2) is 5.84 Å². The number of aliphatic hydroxyl groups is 1. The van der Waals surface area contributed by atoms with Crippen LogP contribution in [0.3, 0.4) is 0 Å². The molecule has 2 atom stereocenters. The fraction of sp³-hybridized carbons (Fsp3) is 0.571. The summed E-state index contributed by atoms with van der Waals surface area (Å²) in [5, 5.41) is 22.2. The van der Waals surface area contributed by atoms with E-state index in [1.807, 2.05) is 24.9 Å². The summed E-state index contributed by atoms with van der Waals surface area (Å²) in [6.07, 6.45) is 5.21. The van der Waals surface area contributed by atoms with Crippen molar-refractivity contribution >= 4 is 11.7 Å². The molecule has 0 aliphatic heterocycles. The number of aliphatic hydroxyl groups excluding tert-OH is 1. The van der Waals surface area contributed by atoms with Crippen molar-refractivity contribution in [3.63, 3.8) is 0 Å². The van der Waals surface area contributed by atoms with Crippen molar-refractivity contribution in [1.82, 2.24) is 4.98 Å². The van der Waals surface area contributed by atoms with Crippen LogP contribution < -0.4 is 10.6 Å². The lowest BCUT2D eigenvalue weighted by atomic mass is 9.91. The van der Waals surface area contributed by atoms with Gasteiger partial charge in [0.2, 0.25) is 0 Å². The summed E-state index contributed by atoms with van der Waals surface area (Å²) in [7, 11) is 1.90. The maximum Gasteiger partial charge on any atom is 0.174 e. The SMILES string of the molecule is Cc1ccnc(N(C)C2CCCCC2O)c1/C(N)=N/O. The van der Waals surface area contributed by atoms with Crippen molar-refractivity contribution in [2.24, 2.45) is 10.9 Å². The van der Waals surface area contributed by atoms with E-state index < -0.39 is 0 Å². The van der Waals surface area contributed by atoms with Gasteiger partial charge in [0.1, 0.15) is 5.82 Å². The number of aryl methyl sites for hydroxylation is 1. The second-order valence-electron chi connectivity index (χ2n) is 5.34. The normalized spacial score (nSPS) is 23.6. The number of nitrogens with two attached hydrogens (primary N) is 1. The number of nitrogens with zero attached hydrogens (tertiary/aromatic N) is 3. The maximum atomic E-state index is 10.2. The minimum atomic E-state index is -0.365. The van der Waals surface area contributed by atoms with E-state index in [1.165, 1.54) is 0 Å². The first-order valence-electron chi connectivity index (χ1n) is 6.90. The molecule has 0 radical (unpaired) electrons. The van der Waals surface area contributed by atoms with Crippen LogP contribution in [0.5, 0.6) is 0 Å². The lowest BCUT2D eigenvalue weighted by molar-refractivity contribution is 0.106. The molecule has 0 bridgehead atoms. The zero-order valence-corrected chi connectivity index (χ0v) is 12.0. The number of amidine groups is 1. The van der Waals surface area contributed by atoms with Crippen LogP contribution in [-0.2, 0) is 0 Å². The van der Waals surface area contributed by atoms with Crippen LogP contribution in [0.15, 0.2) is 17.4 Å². The Labute approximate surface area is 118 Å². The number of pyridine rings is 1. The standard InChI is InChI=1S/C14H22N4O2/c1-9-7-8-16-14(12(9)13(15)17-20)18(2)10-5-3-4-6-11(10)19/h7-8,10-11,19-20H,3-6H2,1-2H3,(H2,15,17). The van der Waals surface area contributed by atoms with Gasteiger partial charge in [-0.3, -0.25) is 0 Å². The Morgan fingerprint density at radius 3 is 2.80 bits per heavy atom. The summed E-state index contributed by atoms with van der Waals surface area (Å²) in [5.74, 6) is 0.689. The Morgan fingerprint density at radius 1 is 1.45 bits per heavy atom. The largest absolute Gasteiger partial charge is 0.409 e. The summed E-state index contributed by atoms with van der Waals surface area (Å²) in [5.41, 5.74) is 7.28. The van der Waals surface area contributed by atoms with E-state index >= 15 is 0 Å². The third kappa shape index (κ3) is 2.70. The van der Waals surface area contributed by atoms with Gasteiger partial charge in [-0.05, 0) is 31.4 Å². The third-order valence-corrected chi connectivity index (χ3v) is 4.03. The predicted octanol–water partition coefficient (Wildman–Crippen LogP) is 1.22. The average Bonchev–Trinajstić information content (AvgIpc) is 2.46. The Hall–Kier alpha value is -1.82. The van der Waals surface area contributed by atoms with Gasteiger partial charge in [-0.15, -0.1) is 0 Å². The second kappa shape index (κ2) is 6.09. The lowest BCUT2D eigenvalue weighted by Crippen LogP contribution is -2.44. The second-order valence-corrected chi connectivity index (χ2v) is 5.34. The van der Waals surface area contributed by atoms with Gasteiger partial charge in [-0.25, -0.2) is 4.98 Å². The van der Waals surface area contributed by atoms with Crippen molar-refractivity contribution in [3.05, 3.63) is 23.4 Å². The van der Waals surface area contributed by atoms with Crippen LogP contribution in [0.4, 0.5) is 5.82 Å². The molecule has 0 saturated heterocycles. The molecule has 1 aliphatic rings. The Morgan fingerprint density at radius 2 is 2.15 bits per heavy atom. The van der Waals surface area contributed by atoms with Crippen LogP contribution in [0.2, 0.25) is 0 Å². The maximum absolute atomic E-state index is 10.2. The molecule has 1 fully saturated rings. The summed E-state index contributed by atoms with van der Waals surface area (Å²) in [4.78, 5) is 6.31. The molecule has 20 heavy (non-hydrogen) atoms. The van der Waals surface area contributed by atoms with Crippen LogP contribution in [0, 0.1) is 6.92 Å². The third-order valence-electron chi connectivity index (χ3n) is 4.03. The highest BCUT2D eigenvalue weighted by Crippen LogP contribution is 2.28. The zero-order valence-electron chi connectivity index (χ0n) is 12.0. The predicted molar refractivity (Wildman–Crippen MR) is 78.2 cm³/mol. The van der Waals surface area contributed by atoms with E-state index in [9.17, 15) is 5.11 Å². The fourth-order valence-corrected chi connectivity index (χ4v) is 2.88. The van der Waals surface area contributed by atoms with Crippen molar-refractivity contribution in [1.29, 1.82) is 0 Å². The summed E-state index contributed by atoms with van der Waals surface area (Å²) in [6, 6.07) is 1.84. The molecule has 1 heterocycles. The summed E-state index contributed by atoms with van der Waals surface area (Å²) < 4.78 is 0. The monoisotopic (exact) mass is 278 g/mol. The average molecular weight is 278 g/mol. The van der Waals surface area contributed by atoms with E-state index in [4.69, 9.17) is 10.9 Å². The molecule has 6 nitrogen and oxygen atoms in total. The van der Waals surface area contributed by atoms with Gasteiger partial charge < -0.3 is 20.9 Å². The Balaban J connectivity index is 2.39. The molecule has 0 amide bonds. The highest BCUT2D eigenvalue weighted by atomic mass is 16.4. The minimum absolute atomic E-state index is 0.0169. The summed E-state index contributed by atoms with van der Waals surface area (Å²) in [6.45, 7) is 1.89. The molecule has 1 aromatic heterocycles. The molecular weight excluding hydrogens is 256 g/mol. The quantitative estimate of drug-likeness (QED) is 0.334. The molecule has 1 aromatic rings. The molecule has 0 spiro atoms. The van der Waals surface area contributed by atoms with Gasteiger partial charge in [0.05, 0.1) is 17.7 Å². The van der Waals surface area contributed by atoms with E-state index in [1.54, 1.807) is 6.20 Å². The van der Waals surface area contributed by atoms with Crippen molar-refractivity contribution in [3.8, 4) is 0 Å². The van der Waals surface area contributed by atoms with Crippen molar-refractivity contribution in [2.45, 2.75) is 44.8 Å². The van der Waals surface area contributed by atoms with Gasteiger partial charge in [-0.2, -0.15) is 0 Å². The fourth-order valence-electron chi connectivity index (χ4n) is 2.88. The Kier molecular flexibility index (Phi) is 4.44. The number of likely N-dealkylation sites (N-methyl/N-ethyl adjacent to an activating group) is 1. The van der Waals surface area contributed by atoms with Gasteiger partial charge >= 0.3 is 0 Å². The number of oxime groups is 1. The zero-order chi connectivity index (χ0) is 14.7. The highest BCUT2D eigenvalue weighted by molar-refractivity contribution is 6.02. The minimum Gasteiger partial charge on any atom is -0.409 e. The first-order chi connectivity index (χ1) is 9.56. The molecule has 110 valence electrons. The Bertz CT molecular complexity index is 504. The molecular formula is C14H22N4O2. The number of rotatable bonds is 3. The van der Waals surface area contributed by atoms with E-state index in [2.05, 4.69) is 10.1 Å². The molecule has 1 saturated carbocycles. The number of hydrogen-bond donors (Lipinski definition) is 3. The number of aromatic nitrogens is 1. The summed E-state index contributed by atoms with van der Waals surface area (Å²) >= 11 is 0. The van der Waals surface area contributed by atoms with E-state index in [0.717, 1.165) is 31.2 Å². The van der Waals surface area contributed by atoms with Crippen LogP contribution in [-0.4, -0.2) is 40.3 Å². The number of anilines is 1. The molecule has 2 unspecified atom stereocenters. The molecule has 4 N–H and O–H groups in total. The van der Waals surface area contributed by atoms with Gasteiger partial charge in [0.25, 0.3) is 0 Å². The molecule has 0 aromatic carbocycles.